The monoisotopic (exact) mass is 463 g/mol. The Labute approximate surface area is 180 Å². The summed E-state index contributed by atoms with van der Waals surface area (Å²) in [5, 5.41) is 11.7. The lowest BCUT2D eigenvalue weighted by Crippen LogP contribution is -2.52. The molecule has 1 heterocycles. The summed E-state index contributed by atoms with van der Waals surface area (Å²) >= 11 is 0. The molecule has 0 radical (unpaired) electrons. The highest BCUT2D eigenvalue weighted by Gasteiger charge is 2.44. The number of benzene rings is 1. The molecule has 11 heteroatoms. The molecule has 1 aromatic carbocycles. The fourth-order valence-corrected chi connectivity index (χ4v) is 5.86. The summed E-state index contributed by atoms with van der Waals surface area (Å²) in [7, 11) is -4.14. The highest BCUT2D eigenvalue weighted by molar-refractivity contribution is 7.89. The van der Waals surface area contributed by atoms with Gasteiger partial charge in [-0.25, -0.2) is 8.42 Å². The van der Waals surface area contributed by atoms with Crippen LogP contribution in [0, 0.1) is 0 Å². The second-order valence-corrected chi connectivity index (χ2v) is 9.79. The number of amides is 1. The third-order valence-electron chi connectivity index (χ3n) is 5.56. The molecule has 1 saturated carbocycles. The third kappa shape index (κ3) is 5.97. The summed E-state index contributed by atoms with van der Waals surface area (Å²) in [6.07, 6.45) is -1.89. The number of hydrogen-bond donors (Lipinski definition) is 2. The van der Waals surface area contributed by atoms with Crippen LogP contribution in [0.1, 0.15) is 37.7 Å². The van der Waals surface area contributed by atoms with Crippen molar-refractivity contribution in [1.82, 2.24) is 14.5 Å². The van der Waals surface area contributed by atoms with Crippen molar-refractivity contribution in [1.29, 1.82) is 0 Å². The van der Waals surface area contributed by atoms with Crippen LogP contribution in [0.25, 0.3) is 0 Å². The molecule has 7 nitrogen and oxygen atoms in total. The second kappa shape index (κ2) is 9.85. The van der Waals surface area contributed by atoms with Crippen LogP contribution in [0.2, 0.25) is 0 Å². The Morgan fingerprint density at radius 2 is 1.94 bits per heavy atom. The summed E-state index contributed by atoms with van der Waals surface area (Å²) in [5.74, 6) is -0.109. The smallest absolute Gasteiger partial charge is 0.395 e. The number of nitrogens with one attached hydrogen (secondary N) is 1. The lowest BCUT2D eigenvalue weighted by molar-refractivity contribution is -0.137. The number of nitrogens with zero attached hydrogens (tertiary/aromatic N) is 2. The van der Waals surface area contributed by atoms with Crippen molar-refractivity contribution in [2.75, 3.05) is 32.8 Å². The van der Waals surface area contributed by atoms with Crippen LogP contribution in [0.3, 0.4) is 0 Å². The van der Waals surface area contributed by atoms with Crippen molar-refractivity contribution >= 4 is 15.9 Å². The third-order valence-corrected chi connectivity index (χ3v) is 7.56. The molecule has 0 bridgehead atoms. The van der Waals surface area contributed by atoms with Crippen LogP contribution in [0.4, 0.5) is 13.2 Å². The van der Waals surface area contributed by atoms with Gasteiger partial charge in [-0.15, -0.1) is 0 Å². The topological polar surface area (TPSA) is 89.9 Å². The molecule has 1 aliphatic heterocycles. The van der Waals surface area contributed by atoms with E-state index in [1.165, 1.54) is 10.4 Å². The quantitative estimate of drug-likeness (QED) is 0.546. The fourth-order valence-electron chi connectivity index (χ4n) is 3.92. The Morgan fingerprint density at radius 3 is 2.58 bits per heavy atom. The van der Waals surface area contributed by atoms with Crippen LogP contribution < -0.4 is 5.32 Å². The van der Waals surface area contributed by atoms with E-state index in [0.717, 1.165) is 12.1 Å². The van der Waals surface area contributed by atoms with Crippen LogP contribution in [-0.4, -0.2) is 73.5 Å². The van der Waals surface area contributed by atoms with Crippen molar-refractivity contribution in [3.8, 4) is 0 Å². The molecule has 0 aromatic heterocycles. The molecule has 3 rings (SSSR count). The minimum atomic E-state index is -4.63. The van der Waals surface area contributed by atoms with Crippen molar-refractivity contribution in [2.24, 2.45) is 0 Å². The lowest BCUT2D eigenvalue weighted by Gasteiger charge is -2.39. The van der Waals surface area contributed by atoms with Gasteiger partial charge in [0.2, 0.25) is 15.9 Å². The van der Waals surface area contributed by atoms with Crippen LogP contribution in [0.15, 0.2) is 29.2 Å². The number of piperidine rings is 1. The van der Waals surface area contributed by atoms with Gasteiger partial charge < -0.3 is 15.3 Å². The van der Waals surface area contributed by atoms with Gasteiger partial charge in [0.25, 0.3) is 0 Å². The maximum Gasteiger partial charge on any atom is 0.416 e. The summed E-state index contributed by atoms with van der Waals surface area (Å²) in [6, 6.07) is 3.13. The van der Waals surface area contributed by atoms with Gasteiger partial charge in [-0.2, -0.15) is 17.5 Å². The van der Waals surface area contributed by atoms with E-state index in [1.807, 2.05) is 0 Å². The Bertz CT molecular complexity index is 875. The number of aliphatic hydroxyl groups is 1. The van der Waals surface area contributed by atoms with Gasteiger partial charge in [0.15, 0.2) is 0 Å². The van der Waals surface area contributed by atoms with Crippen LogP contribution in [-0.2, 0) is 21.0 Å². The SMILES string of the molecule is O=C(CCNCCO)N1CCCC(N(C2CC2)S(=O)(=O)c2cccc(C(F)(F)F)c2)C1. The first-order chi connectivity index (χ1) is 14.6. The Kier molecular flexibility index (Phi) is 7.61. The van der Waals surface area contributed by atoms with Gasteiger partial charge in [-0.1, -0.05) is 6.07 Å². The summed E-state index contributed by atoms with van der Waals surface area (Å²) < 4.78 is 67.3. The van der Waals surface area contributed by atoms with E-state index >= 15 is 0 Å². The fraction of sp³-hybridized carbons (Fsp3) is 0.650. The molecular formula is C20H28F3N3O4S. The van der Waals surface area contributed by atoms with Gasteiger partial charge in [-0.3, -0.25) is 4.79 Å². The van der Waals surface area contributed by atoms with Crippen LogP contribution in [0.5, 0.6) is 0 Å². The number of likely N-dealkylation sites (tertiary alicyclic amines) is 1. The molecule has 0 spiro atoms. The second-order valence-electron chi connectivity index (χ2n) is 7.95. The first-order valence-corrected chi connectivity index (χ1v) is 11.9. The van der Waals surface area contributed by atoms with Crippen molar-refractivity contribution in [2.45, 2.75) is 55.3 Å². The highest BCUT2D eigenvalue weighted by Crippen LogP contribution is 2.38. The zero-order chi connectivity index (χ0) is 22.6. The zero-order valence-electron chi connectivity index (χ0n) is 17.1. The molecule has 2 fully saturated rings. The summed E-state index contributed by atoms with van der Waals surface area (Å²) in [5.41, 5.74) is -1.000. The van der Waals surface area contributed by atoms with E-state index in [4.69, 9.17) is 5.11 Å². The highest BCUT2D eigenvalue weighted by atomic mass is 32.2. The average Bonchev–Trinajstić information content (AvgIpc) is 3.55. The van der Waals surface area contributed by atoms with E-state index in [1.54, 1.807) is 4.90 Å². The summed E-state index contributed by atoms with van der Waals surface area (Å²) in [4.78, 5) is 13.8. The van der Waals surface area contributed by atoms with E-state index in [-0.39, 0.29) is 36.4 Å². The van der Waals surface area contributed by atoms with Gasteiger partial charge in [0.1, 0.15) is 0 Å². The molecule has 1 unspecified atom stereocenters. The predicted molar refractivity (Wildman–Crippen MR) is 108 cm³/mol. The molecule has 1 amide bonds. The first kappa shape index (κ1) is 24.0. The lowest BCUT2D eigenvalue weighted by atomic mass is 10.1. The number of aliphatic hydroxyl groups excluding tert-OH is 1. The van der Waals surface area contributed by atoms with Gasteiger partial charge in [0, 0.05) is 44.7 Å². The number of sulfonamides is 1. The molecule has 1 saturated heterocycles. The van der Waals surface area contributed by atoms with E-state index in [2.05, 4.69) is 5.32 Å². The summed E-state index contributed by atoms with van der Waals surface area (Å²) in [6.45, 7) is 1.53. The molecule has 174 valence electrons. The molecule has 31 heavy (non-hydrogen) atoms. The number of alkyl halides is 3. The van der Waals surface area contributed by atoms with Gasteiger partial charge >= 0.3 is 6.18 Å². The Balaban J connectivity index is 1.76. The van der Waals surface area contributed by atoms with E-state index in [0.29, 0.717) is 51.4 Å². The largest absolute Gasteiger partial charge is 0.416 e. The normalized spacial score (nSPS) is 20.3. The zero-order valence-corrected chi connectivity index (χ0v) is 18.0. The van der Waals surface area contributed by atoms with Gasteiger partial charge in [0.05, 0.1) is 17.1 Å². The Hall–Kier alpha value is -1.69. The predicted octanol–water partition coefficient (Wildman–Crippen LogP) is 1.82. The number of halogens is 3. The number of hydrogen-bond acceptors (Lipinski definition) is 5. The molecule has 1 atom stereocenters. The maximum absolute atomic E-state index is 13.3. The van der Waals surface area contributed by atoms with E-state index < -0.39 is 27.8 Å². The number of rotatable bonds is 9. The molecular weight excluding hydrogens is 435 g/mol. The standard InChI is InChI=1S/C20H28F3N3O4S/c21-20(22,23)15-3-1-5-18(13-15)31(29,30)26(16-6-7-16)17-4-2-11-25(14-17)19(28)8-9-24-10-12-27/h1,3,5,13,16-17,24,27H,2,4,6-12,14H2. The van der Waals surface area contributed by atoms with Crippen molar-refractivity contribution in [3.05, 3.63) is 29.8 Å². The van der Waals surface area contributed by atoms with Crippen LogP contribution >= 0.6 is 0 Å². The average molecular weight is 464 g/mol. The maximum atomic E-state index is 13.3. The minimum absolute atomic E-state index is 0.0241. The molecule has 2 N–H and O–H groups in total. The number of carbonyl (C=O) groups is 1. The van der Waals surface area contributed by atoms with Crippen molar-refractivity contribution < 1.29 is 31.5 Å². The Morgan fingerprint density at radius 1 is 1.19 bits per heavy atom. The molecule has 1 aliphatic carbocycles. The molecule has 2 aliphatic rings. The minimum Gasteiger partial charge on any atom is -0.395 e. The van der Waals surface area contributed by atoms with Gasteiger partial charge in [-0.05, 0) is 43.9 Å². The first-order valence-electron chi connectivity index (χ1n) is 10.4. The van der Waals surface area contributed by atoms with E-state index in [9.17, 15) is 26.4 Å². The van der Waals surface area contributed by atoms with Crippen molar-refractivity contribution in [3.63, 3.8) is 0 Å². The number of carbonyl (C=O) groups excluding carboxylic acids is 1. The molecule has 1 aromatic rings.